The molecule has 2 N–H and O–H groups in total. The smallest absolute Gasteiger partial charge is 0.0824 e. The first-order valence-corrected chi connectivity index (χ1v) is 4.55. The predicted molar refractivity (Wildman–Crippen MR) is 52.7 cm³/mol. The molecule has 0 aliphatic carbocycles. The summed E-state index contributed by atoms with van der Waals surface area (Å²) in [7, 11) is 1.88. The summed E-state index contributed by atoms with van der Waals surface area (Å²) in [4.78, 5) is 0. The number of nitrogens with zero attached hydrogens (tertiary/aromatic N) is 2. The second-order valence-corrected chi connectivity index (χ2v) is 3.24. The molecule has 0 spiro atoms. The summed E-state index contributed by atoms with van der Waals surface area (Å²) in [6.07, 6.45) is 2.41. The lowest BCUT2D eigenvalue weighted by molar-refractivity contribution is 0.183. The fraction of sp³-hybridized carbons (Fsp3) is 0.667. The Kier molecular flexibility index (Phi) is 3.31. The van der Waals surface area contributed by atoms with Crippen molar-refractivity contribution in [3.05, 3.63) is 11.9 Å². The van der Waals surface area contributed by atoms with Gasteiger partial charge >= 0.3 is 0 Å². The largest absolute Gasteiger partial charge is 0.391 e. The number of aromatic nitrogens is 2. The van der Waals surface area contributed by atoms with E-state index in [0.717, 1.165) is 17.8 Å². The lowest BCUT2D eigenvalue weighted by Crippen LogP contribution is -2.18. The zero-order chi connectivity index (χ0) is 9.84. The van der Waals surface area contributed by atoms with Gasteiger partial charge in [-0.15, -0.1) is 0 Å². The highest BCUT2D eigenvalue weighted by Crippen LogP contribution is 2.11. The molecule has 0 radical (unpaired) electrons. The van der Waals surface area contributed by atoms with E-state index in [0.29, 0.717) is 6.54 Å². The highest BCUT2D eigenvalue weighted by atomic mass is 16.3. The molecule has 1 rings (SSSR count). The third-order valence-electron chi connectivity index (χ3n) is 2.01. The van der Waals surface area contributed by atoms with Crippen LogP contribution in [0, 0.1) is 6.92 Å². The average Bonchev–Trinajstić information content (AvgIpc) is 2.41. The van der Waals surface area contributed by atoms with Crippen molar-refractivity contribution in [3.63, 3.8) is 0 Å². The summed E-state index contributed by atoms with van der Waals surface area (Å²) in [6.45, 7) is 4.49. The minimum absolute atomic E-state index is 0.278. The summed E-state index contributed by atoms with van der Waals surface area (Å²) < 4.78 is 1.76. The molecule has 4 nitrogen and oxygen atoms in total. The second-order valence-electron chi connectivity index (χ2n) is 3.24. The number of aliphatic hydroxyl groups excluding tert-OH is 1. The van der Waals surface area contributed by atoms with Crippen LogP contribution < -0.4 is 5.32 Å². The molecule has 1 atom stereocenters. The third-order valence-corrected chi connectivity index (χ3v) is 2.01. The Morgan fingerprint density at radius 3 is 2.85 bits per heavy atom. The lowest BCUT2D eigenvalue weighted by atomic mass is 10.3. The van der Waals surface area contributed by atoms with Gasteiger partial charge in [0.15, 0.2) is 0 Å². The van der Waals surface area contributed by atoms with Gasteiger partial charge in [0.05, 0.1) is 17.5 Å². The van der Waals surface area contributed by atoms with E-state index in [1.165, 1.54) is 0 Å². The molecular weight excluding hydrogens is 166 g/mol. The lowest BCUT2D eigenvalue weighted by Gasteiger charge is -2.08. The van der Waals surface area contributed by atoms with Gasteiger partial charge in [0.1, 0.15) is 0 Å². The van der Waals surface area contributed by atoms with Crippen LogP contribution in [0.4, 0.5) is 5.69 Å². The monoisotopic (exact) mass is 183 g/mol. The molecule has 0 aliphatic heterocycles. The van der Waals surface area contributed by atoms with Crippen molar-refractivity contribution in [2.45, 2.75) is 26.4 Å². The van der Waals surface area contributed by atoms with Crippen molar-refractivity contribution in [1.82, 2.24) is 9.78 Å². The Morgan fingerprint density at radius 1 is 1.69 bits per heavy atom. The minimum Gasteiger partial charge on any atom is -0.391 e. The molecule has 74 valence electrons. The van der Waals surface area contributed by atoms with Gasteiger partial charge in [0.2, 0.25) is 0 Å². The molecule has 0 saturated heterocycles. The van der Waals surface area contributed by atoms with Crippen LogP contribution in [0.1, 0.15) is 19.0 Å². The van der Waals surface area contributed by atoms with Crippen molar-refractivity contribution in [2.75, 3.05) is 11.9 Å². The van der Waals surface area contributed by atoms with Crippen LogP contribution in [0.25, 0.3) is 0 Å². The summed E-state index contributed by atoms with van der Waals surface area (Å²) >= 11 is 0. The van der Waals surface area contributed by atoms with Gasteiger partial charge in [-0.05, 0) is 13.3 Å². The summed E-state index contributed by atoms with van der Waals surface area (Å²) in [5.74, 6) is 0. The molecule has 0 amide bonds. The number of aliphatic hydroxyl groups is 1. The second kappa shape index (κ2) is 4.28. The number of rotatable bonds is 4. The molecule has 4 heteroatoms. The van der Waals surface area contributed by atoms with Crippen LogP contribution >= 0.6 is 0 Å². The third kappa shape index (κ3) is 2.73. The number of aryl methyl sites for hydroxylation is 2. The van der Waals surface area contributed by atoms with Crippen molar-refractivity contribution in [1.29, 1.82) is 0 Å². The Hall–Kier alpha value is -1.03. The van der Waals surface area contributed by atoms with E-state index in [4.69, 9.17) is 0 Å². The van der Waals surface area contributed by atoms with Gasteiger partial charge < -0.3 is 10.4 Å². The maximum Gasteiger partial charge on any atom is 0.0824 e. The molecule has 1 aromatic rings. The first-order chi connectivity index (χ1) is 6.13. The van der Waals surface area contributed by atoms with Gasteiger partial charge in [0, 0.05) is 19.8 Å². The van der Waals surface area contributed by atoms with E-state index in [9.17, 15) is 5.11 Å². The first-order valence-electron chi connectivity index (χ1n) is 4.55. The van der Waals surface area contributed by atoms with Crippen LogP contribution in [-0.4, -0.2) is 27.5 Å². The Labute approximate surface area is 78.6 Å². The molecular formula is C9H17N3O. The molecule has 0 aromatic carbocycles. The number of hydrogen-bond acceptors (Lipinski definition) is 3. The highest BCUT2D eigenvalue weighted by molar-refractivity contribution is 5.45. The highest BCUT2D eigenvalue weighted by Gasteiger charge is 2.04. The van der Waals surface area contributed by atoms with Crippen LogP contribution in [-0.2, 0) is 7.05 Å². The molecule has 0 bridgehead atoms. The first kappa shape index (κ1) is 10.1. The van der Waals surface area contributed by atoms with Crippen molar-refractivity contribution in [2.24, 2.45) is 7.05 Å². The normalized spacial score (nSPS) is 12.9. The Balaban J connectivity index is 2.49. The number of hydrogen-bond donors (Lipinski definition) is 2. The molecule has 1 heterocycles. The zero-order valence-electron chi connectivity index (χ0n) is 8.41. The maximum absolute atomic E-state index is 9.33. The van der Waals surface area contributed by atoms with Crippen molar-refractivity contribution < 1.29 is 5.11 Å². The predicted octanol–water partition coefficient (Wildman–Crippen LogP) is 0.911. The molecule has 13 heavy (non-hydrogen) atoms. The van der Waals surface area contributed by atoms with E-state index >= 15 is 0 Å². The molecule has 1 unspecified atom stereocenters. The van der Waals surface area contributed by atoms with Gasteiger partial charge in [0.25, 0.3) is 0 Å². The van der Waals surface area contributed by atoms with Gasteiger partial charge in [-0.25, -0.2) is 0 Å². The molecule has 0 fully saturated rings. The molecule has 0 saturated carbocycles. The summed E-state index contributed by atoms with van der Waals surface area (Å²) in [5.41, 5.74) is 1.96. The number of nitrogens with one attached hydrogen (secondary N) is 1. The van der Waals surface area contributed by atoms with Gasteiger partial charge in [-0.3, -0.25) is 4.68 Å². The van der Waals surface area contributed by atoms with Crippen LogP contribution in [0.3, 0.4) is 0 Å². The fourth-order valence-corrected chi connectivity index (χ4v) is 1.15. The maximum atomic E-state index is 9.33. The van der Waals surface area contributed by atoms with E-state index in [1.807, 2.05) is 27.1 Å². The summed E-state index contributed by atoms with van der Waals surface area (Å²) in [6, 6.07) is 0. The summed E-state index contributed by atoms with van der Waals surface area (Å²) in [5, 5.41) is 16.7. The van der Waals surface area contributed by atoms with Crippen LogP contribution in [0.5, 0.6) is 0 Å². The quantitative estimate of drug-likeness (QED) is 0.729. The molecule has 1 aromatic heterocycles. The van der Waals surface area contributed by atoms with Gasteiger partial charge in [-0.1, -0.05) is 6.92 Å². The van der Waals surface area contributed by atoms with Crippen LogP contribution in [0.2, 0.25) is 0 Å². The Morgan fingerprint density at radius 2 is 2.38 bits per heavy atom. The molecule has 0 aliphatic rings. The van der Waals surface area contributed by atoms with Gasteiger partial charge in [-0.2, -0.15) is 5.10 Å². The fourth-order valence-electron chi connectivity index (χ4n) is 1.15. The van der Waals surface area contributed by atoms with E-state index in [-0.39, 0.29) is 6.10 Å². The standard InChI is InChI=1S/C9H17N3O/c1-4-8(13)5-10-9-6-12(3)11-7(9)2/h6,8,10,13H,4-5H2,1-3H3. The van der Waals surface area contributed by atoms with E-state index < -0.39 is 0 Å². The van der Waals surface area contributed by atoms with E-state index in [1.54, 1.807) is 4.68 Å². The zero-order valence-corrected chi connectivity index (χ0v) is 8.41. The van der Waals surface area contributed by atoms with Crippen LogP contribution in [0.15, 0.2) is 6.20 Å². The minimum atomic E-state index is -0.278. The van der Waals surface area contributed by atoms with E-state index in [2.05, 4.69) is 10.4 Å². The average molecular weight is 183 g/mol. The van der Waals surface area contributed by atoms with Crippen molar-refractivity contribution in [3.8, 4) is 0 Å². The SMILES string of the molecule is CCC(O)CNc1cn(C)nc1C. The topological polar surface area (TPSA) is 50.1 Å². The van der Waals surface area contributed by atoms with Crippen molar-refractivity contribution >= 4 is 5.69 Å². The Bertz CT molecular complexity index is 270. The number of anilines is 1.